The van der Waals surface area contributed by atoms with E-state index >= 15 is 0 Å². The molecule has 5 heteroatoms. The van der Waals surface area contributed by atoms with E-state index in [-0.39, 0.29) is 17.8 Å². The lowest BCUT2D eigenvalue weighted by molar-refractivity contribution is 0.0268. The lowest BCUT2D eigenvalue weighted by Gasteiger charge is -2.25. The van der Waals surface area contributed by atoms with Gasteiger partial charge in [-0.05, 0) is 51.3 Å². The molecule has 0 radical (unpaired) electrons. The van der Waals surface area contributed by atoms with Gasteiger partial charge < -0.3 is 14.7 Å². The number of halogens is 1. The van der Waals surface area contributed by atoms with E-state index in [2.05, 4.69) is 0 Å². The number of carbonyl (C=O) groups is 1. The number of amides is 1. The molecule has 2 rings (SSSR count). The molecule has 2 unspecified atom stereocenters. The molecule has 0 bridgehead atoms. The van der Waals surface area contributed by atoms with Gasteiger partial charge in [0, 0.05) is 19.0 Å². The molecule has 1 saturated heterocycles. The summed E-state index contributed by atoms with van der Waals surface area (Å²) < 4.78 is 18.7. The van der Waals surface area contributed by atoms with Crippen LogP contribution in [0.5, 0.6) is 0 Å². The van der Waals surface area contributed by atoms with Crippen LogP contribution in [0.1, 0.15) is 44.4 Å². The van der Waals surface area contributed by atoms with Gasteiger partial charge in [0.15, 0.2) is 0 Å². The highest BCUT2D eigenvalue weighted by Gasteiger charge is 2.34. The van der Waals surface area contributed by atoms with Gasteiger partial charge in [-0.25, -0.2) is 9.18 Å². The number of likely N-dealkylation sites (tertiary alicyclic amines) is 1. The Kier molecular flexibility index (Phi) is 4.75. The summed E-state index contributed by atoms with van der Waals surface area (Å²) in [6, 6.07) is 4.63. The Bertz CT molecular complexity index is 553. The van der Waals surface area contributed by atoms with Crippen LogP contribution >= 0.6 is 0 Å². The number of aliphatic hydroxyl groups excluding tert-OH is 1. The Labute approximate surface area is 130 Å². The topological polar surface area (TPSA) is 49.8 Å². The molecule has 1 aliphatic heterocycles. The molecule has 0 saturated carbocycles. The predicted octanol–water partition coefficient (Wildman–Crippen LogP) is 3.42. The first kappa shape index (κ1) is 16.7. The van der Waals surface area contributed by atoms with Crippen molar-refractivity contribution in [2.24, 2.45) is 5.92 Å². The summed E-state index contributed by atoms with van der Waals surface area (Å²) in [6.45, 7) is 8.17. The number of rotatable bonds is 2. The first-order valence-electron chi connectivity index (χ1n) is 7.59. The molecule has 0 spiro atoms. The zero-order valence-electron chi connectivity index (χ0n) is 13.6. The number of benzene rings is 1. The molecule has 1 aromatic carbocycles. The van der Waals surface area contributed by atoms with Gasteiger partial charge in [-0.3, -0.25) is 0 Å². The van der Waals surface area contributed by atoms with Gasteiger partial charge in [0.1, 0.15) is 11.4 Å². The average Bonchev–Trinajstić information content (AvgIpc) is 2.89. The van der Waals surface area contributed by atoms with Gasteiger partial charge >= 0.3 is 6.09 Å². The largest absolute Gasteiger partial charge is 0.444 e. The number of hydrogen-bond donors (Lipinski definition) is 1. The van der Waals surface area contributed by atoms with Crippen LogP contribution in [-0.2, 0) is 4.74 Å². The number of aliphatic hydroxyl groups is 1. The van der Waals surface area contributed by atoms with E-state index in [0.717, 1.165) is 0 Å². The SMILES string of the molecule is Cc1cc(C(O)C2CCN(C(=O)OC(C)(C)C)C2)ccc1F. The van der Waals surface area contributed by atoms with Gasteiger partial charge in [-0.1, -0.05) is 12.1 Å². The maximum Gasteiger partial charge on any atom is 0.410 e. The number of hydrogen-bond acceptors (Lipinski definition) is 3. The third kappa shape index (κ3) is 3.97. The van der Waals surface area contributed by atoms with Crippen molar-refractivity contribution in [2.75, 3.05) is 13.1 Å². The van der Waals surface area contributed by atoms with Crippen molar-refractivity contribution in [3.8, 4) is 0 Å². The van der Waals surface area contributed by atoms with E-state index in [4.69, 9.17) is 4.74 Å². The Hall–Kier alpha value is -1.62. The van der Waals surface area contributed by atoms with Crippen LogP contribution in [-0.4, -0.2) is 34.8 Å². The third-order valence-electron chi connectivity index (χ3n) is 3.85. The van der Waals surface area contributed by atoms with Crippen LogP contribution in [0.15, 0.2) is 18.2 Å². The molecule has 22 heavy (non-hydrogen) atoms. The van der Waals surface area contributed by atoms with Crippen LogP contribution in [0, 0.1) is 18.7 Å². The van der Waals surface area contributed by atoms with Gasteiger partial charge in [0.2, 0.25) is 0 Å². The van der Waals surface area contributed by atoms with Crippen LogP contribution in [0.25, 0.3) is 0 Å². The molecule has 2 atom stereocenters. The van der Waals surface area contributed by atoms with E-state index < -0.39 is 11.7 Å². The first-order valence-corrected chi connectivity index (χ1v) is 7.59. The highest BCUT2D eigenvalue weighted by atomic mass is 19.1. The van der Waals surface area contributed by atoms with Gasteiger partial charge in [0.25, 0.3) is 0 Å². The fraction of sp³-hybridized carbons (Fsp3) is 0.588. The summed E-state index contributed by atoms with van der Waals surface area (Å²) in [7, 11) is 0. The Morgan fingerprint density at radius 2 is 2.14 bits per heavy atom. The minimum atomic E-state index is -0.702. The van der Waals surface area contributed by atoms with Crippen LogP contribution < -0.4 is 0 Å². The molecule has 0 aromatic heterocycles. The highest BCUT2D eigenvalue weighted by molar-refractivity contribution is 5.68. The number of ether oxygens (including phenoxy) is 1. The fourth-order valence-corrected chi connectivity index (χ4v) is 2.66. The van der Waals surface area contributed by atoms with Gasteiger partial charge in [-0.2, -0.15) is 0 Å². The monoisotopic (exact) mass is 309 g/mol. The van der Waals surface area contributed by atoms with Crippen molar-refractivity contribution >= 4 is 6.09 Å². The van der Waals surface area contributed by atoms with Crippen LogP contribution in [0.2, 0.25) is 0 Å². The lowest BCUT2D eigenvalue weighted by atomic mass is 9.94. The van der Waals surface area contributed by atoms with Crippen molar-refractivity contribution < 1.29 is 19.0 Å². The lowest BCUT2D eigenvalue weighted by Crippen LogP contribution is -2.35. The van der Waals surface area contributed by atoms with E-state index in [1.54, 1.807) is 24.0 Å². The zero-order valence-corrected chi connectivity index (χ0v) is 13.6. The summed E-state index contributed by atoms with van der Waals surface area (Å²) in [5.41, 5.74) is 0.676. The summed E-state index contributed by atoms with van der Waals surface area (Å²) in [5.74, 6) is -0.338. The average molecular weight is 309 g/mol. The Morgan fingerprint density at radius 3 is 2.73 bits per heavy atom. The Morgan fingerprint density at radius 1 is 1.45 bits per heavy atom. The summed E-state index contributed by atoms with van der Waals surface area (Å²) in [5, 5.41) is 10.5. The molecule has 1 aliphatic rings. The van der Waals surface area contributed by atoms with Crippen molar-refractivity contribution in [1.29, 1.82) is 0 Å². The van der Waals surface area contributed by atoms with Crippen molar-refractivity contribution in [2.45, 2.75) is 45.8 Å². The maximum absolute atomic E-state index is 13.3. The second-order valence-electron chi connectivity index (χ2n) is 6.93. The second kappa shape index (κ2) is 6.24. The smallest absolute Gasteiger partial charge is 0.410 e. The predicted molar refractivity (Wildman–Crippen MR) is 82.0 cm³/mol. The highest BCUT2D eigenvalue weighted by Crippen LogP contribution is 2.31. The summed E-state index contributed by atoms with van der Waals surface area (Å²) in [4.78, 5) is 13.7. The van der Waals surface area contributed by atoms with Crippen LogP contribution in [0.4, 0.5) is 9.18 Å². The van der Waals surface area contributed by atoms with E-state index in [1.165, 1.54) is 6.07 Å². The van der Waals surface area contributed by atoms with Crippen LogP contribution in [0.3, 0.4) is 0 Å². The molecule has 4 nitrogen and oxygen atoms in total. The number of nitrogens with zero attached hydrogens (tertiary/aromatic N) is 1. The molecular weight excluding hydrogens is 285 g/mol. The summed E-state index contributed by atoms with van der Waals surface area (Å²) in [6.07, 6.45) is -0.346. The van der Waals surface area contributed by atoms with Crippen molar-refractivity contribution in [3.05, 3.63) is 35.1 Å². The van der Waals surface area contributed by atoms with E-state index in [0.29, 0.717) is 30.6 Å². The number of carbonyl (C=O) groups excluding carboxylic acids is 1. The van der Waals surface area contributed by atoms with Crippen molar-refractivity contribution in [3.63, 3.8) is 0 Å². The Balaban J connectivity index is 2.00. The quantitative estimate of drug-likeness (QED) is 0.910. The maximum atomic E-state index is 13.3. The van der Waals surface area contributed by atoms with E-state index in [1.807, 2.05) is 20.8 Å². The molecule has 0 aliphatic carbocycles. The standard InChI is InChI=1S/C17H24FNO3/c1-11-9-12(5-6-14(11)18)15(20)13-7-8-19(10-13)16(21)22-17(2,3)4/h5-6,9,13,15,20H,7-8,10H2,1-4H3. The van der Waals surface area contributed by atoms with Gasteiger partial charge in [-0.15, -0.1) is 0 Å². The molecular formula is C17H24FNO3. The normalized spacial score (nSPS) is 20.1. The fourth-order valence-electron chi connectivity index (χ4n) is 2.66. The minimum Gasteiger partial charge on any atom is -0.444 e. The van der Waals surface area contributed by atoms with E-state index in [9.17, 15) is 14.3 Å². The summed E-state index contributed by atoms with van der Waals surface area (Å²) >= 11 is 0. The zero-order chi connectivity index (χ0) is 16.5. The number of aryl methyl sites for hydroxylation is 1. The molecule has 122 valence electrons. The third-order valence-corrected chi connectivity index (χ3v) is 3.85. The molecule has 1 heterocycles. The first-order chi connectivity index (χ1) is 10.2. The molecule has 1 amide bonds. The molecule has 1 N–H and O–H groups in total. The van der Waals surface area contributed by atoms with Crippen molar-refractivity contribution in [1.82, 2.24) is 4.90 Å². The molecule has 1 fully saturated rings. The molecule has 1 aromatic rings. The van der Waals surface area contributed by atoms with Gasteiger partial charge in [0.05, 0.1) is 6.10 Å². The minimum absolute atomic E-state index is 0.0580. The second-order valence-corrected chi connectivity index (χ2v) is 6.93.